The number of unbranched alkanes of at least 4 members (excludes halogenated alkanes) is 3. The van der Waals surface area contributed by atoms with Gasteiger partial charge in [0.15, 0.2) is 6.10 Å². The molecule has 0 fully saturated rings. The standard InChI is InChI=1S/C28H50NO8P/c1-7-8-9-15-18-25(2)19-16-13-11-10-12-14-17-20-27(34-6)28(31)35-23-26(30)24-37-38(32,33)36-22-21-29(3,4)5/h7,10-11,25-27,30H,1,8-9,13,15-24H2,2-6H3. The summed E-state index contributed by atoms with van der Waals surface area (Å²) in [5.41, 5.74) is 0. The van der Waals surface area contributed by atoms with Crippen LogP contribution in [0.25, 0.3) is 0 Å². The molecule has 0 aromatic carbocycles. The molecule has 0 radical (unpaired) electrons. The highest BCUT2D eigenvalue weighted by Gasteiger charge is 2.21. The summed E-state index contributed by atoms with van der Waals surface area (Å²) >= 11 is 0. The van der Waals surface area contributed by atoms with E-state index in [1.54, 1.807) is 0 Å². The first-order valence-electron chi connectivity index (χ1n) is 13.4. The van der Waals surface area contributed by atoms with Crippen LogP contribution < -0.4 is 4.89 Å². The number of carbonyl (C=O) groups is 1. The number of methoxy groups -OCH3 is 1. The van der Waals surface area contributed by atoms with Gasteiger partial charge in [-0.2, -0.15) is 0 Å². The van der Waals surface area contributed by atoms with Crippen LogP contribution in [0.2, 0.25) is 0 Å². The minimum absolute atomic E-state index is 0.0419. The van der Waals surface area contributed by atoms with E-state index < -0.39 is 39.2 Å². The molecule has 0 heterocycles. The van der Waals surface area contributed by atoms with E-state index in [0.29, 0.717) is 23.9 Å². The Bertz CT molecular complexity index is 784. The highest BCUT2D eigenvalue weighted by Crippen LogP contribution is 2.38. The summed E-state index contributed by atoms with van der Waals surface area (Å²) < 4.78 is 31.9. The zero-order valence-corrected chi connectivity index (χ0v) is 25.0. The number of rotatable bonds is 22. The molecule has 9 nitrogen and oxygen atoms in total. The van der Waals surface area contributed by atoms with Gasteiger partial charge in [0.05, 0.1) is 27.7 Å². The van der Waals surface area contributed by atoms with E-state index >= 15 is 0 Å². The Morgan fingerprint density at radius 2 is 1.82 bits per heavy atom. The number of likely N-dealkylation sites (N-methyl/N-ethyl adjacent to an activating group) is 1. The number of quaternary nitrogens is 1. The zero-order chi connectivity index (χ0) is 28.9. The van der Waals surface area contributed by atoms with Crippen LogP contribution in [0.3, 0.4) is 0 Å². The molecule has 4 atom stereocenters. The van der Waals surface area contributed by atoms with Crippen LogP contribution in [-0.4, -0.2) is 82.4 Å². The van der Waals surface area contributed by atoms with Crippen molar-refractivity contribution in [3.8, 4) is 11.8 Å². The van der Waals surface area contributed by atoms with E-state index in [9.17, 15) is 19.4 Å². The van der Waals surface area contributed by atoms with E-state index in [1.807, 2.05) is 33.3 Å². The van der Waals surface area contributed by atoms with Gasteiger partial charge in [0.25, 0.3) is 7.82 Å². The SMILES string of the molecule is C=CCCCCC(C)CCCC=CC#CCCC(OC)C(=O)OCC(O)COP(=O)([O-])OCC[N+](C)(C)C. The van der Waals surface area contributed by atoms with Crippen molar-refractivity contribution in [2.24, 2.45) is 5.92 Å². The first kappa shape index (κ1) is 36.5. The fourth-order valence-electron chi connectivity index (χ4n) is 3.28. The molecule has 0 aliphatic carbocycles. The van der Waals surface area contributed by atoms with E-state index in [0.717, 1.165) is 25.2 Å². The van der Waals surface area contributed by atoms with Gasteiger partial charge in [-0.15, -0.1) is 6.58 Å². The van der Waals surface area contributed by atoms with Crippen LogP contribution >= 0.6 is 7.82 Å². The Morgan fingerprint density at radius 3 is 2.47 bits per heavy atom. The van der Waals surface area contributed by atoms with Gasteiger partial charge < -0.3 is 33.0 Å². The Kier molecular flexibility index (Phi) is 20.5. The second-order valence-corrected chi connectivity index (χ2v) is 11.9. The number of phosphoric ester groups is 1. The van der Waals surface area contributed by atoms with Gasteiger partial charge in [-0.25, -0.2) is 4.79 Å². The van der Waals surface area contributed by atoms with Crippen molar-refractivity contribution in [2.75, 3.05) is 54.6 Å². The molecule has 0 saturated carbocycles. The van der Waals surface area contributed by atoms with E-state index in [1.165, 1.54) is 32.8 Å². The number of ether oxygens (including phenoxy) is 2. The number of allylic oxidation sites excluding steroid dienone is 3. The Labute approximate surface area is 230 Å². The summed E-state index contributed by atoms with van der Waals surface area (Å²) in [7, 11) is 2.52. The van der Waals surface area contributed by atoms with Crippen molar-refractivity contribution >= 4 is 13.8 Å². The molecule has 4 unspecified atom stereocenters. The molecule has 1 N–H and O–H groups in total. The van der Waals surface area contributed by atoms with Crippen molar-refractivity contribution in [3.63, 3.8) is 0 Å². The number of aliphatic hydroxyl groups excluding tert-OH is 1. The third kappa shape index (κ3) is 22.5. The number of hydrogen-bond acceptors (Lipinski definition) is 8. The summed E-state index contributed by atoms with van der Waals surface area (Å²) in [6, 6.07) is 0. The van der Waals surface area contributed by atoms with Gasteiger partial charge in [-0.1, -0.05) is 50.2 Å². The van der Waals surface area contributed by atoms with Crippen molar-refractivity contribution < 1.29 is 42.4 Å². The average Bonchev–Trinajstić information content (AvgIpc) is 2.84. The second-order valence-electron chi connectivity index (χ2n) is 10.5. The molecule has 0 aromatic rings. The molecular weight excluding hydrogens is 509 g/mol. The number of aliphatic hydroxyl groups is 1. The fourth-order valence-corrected chi connectivity index (χ4v) is 4.01. The van der Waals surface area contributed by atoms with Crippen molar-refractivity contribution in [1.29, 1.82) is 0 Å². The second kappa shape index (κ2) is 21.3. The van der Waals surface area contributed by atoms with Crippen LogP contribution in [-0.2, 0) is 27.9 Å². The van der Waals surface area contributed by atoms with Gasteiger partial charge in [0.2, 0.25) is 0 Å². The predicted octanol–water partition coefficient (Wildman–Crippen LogP) is 4.01. The Balaban J connectivity index is 4.11. The first-order valence-corrected chi connectivity index (χ1v) is 14.9. The van der Waals surface area contributed by atoms with Crippen LogP contribution in [0.15, 0.2) is 24.8 Å². The first-order chi connectivity index (χ1) is 17.9. The number of esters is 1. The van der Waals surface area contributed by atoms with Crippen LogP contribution in [0.5, 0.6) is 0 Å². The smallest absolute Gasteiger partial charge is 0.335 e. The largest absolute Gasteiger partial charge is 0.756 e. The monoisotopic (exact) mass is 559 g/mol. The predicted molar refractivity (Wildman–Crippen MR) is 148 cm³/mol. The highest BCUT2D eigenvalue weighted by molar-refractivity contribution is 7.45. The Hall–Kier alpha value is -1.50. The summed E-state index contributed by atoms with van der Waals surface area (Å²) in [5.74, 6) is 6.04. The quantitative estimate of drug-likeness (QED) is 0.0529. The normalized spacial score (nSPS) is 15.8. The summed E-state index contributed by atoms with van der Waals surface area (Å²) in [6.45, 7) is 5.47. The van der Waals surface area contributed by atoms with Gasteiger partial charge >= 0.3 is 5.97 Å². The third-order valence-corrected chi connectivity index (χ3v) is 6.62. The van der Waals surface area contributed by atoms with E-state index in [2.05, 4.69) is 35.9 Å². The maximum Gasteiger partial charge on any atom is 0.335 e. The van der Waals surface area contributed by atoms with Crippen molar-refractivity contribution in [3.05, 3.63) is 24.8 Å². The minimum atomic E-state index is -4.56. The van der Waals surface area contributed by atoms with Gasteiger partial charge in [-0.05, 0) is 44.1 Å². The summed E-state index contributed by atoms with van der Waals surface area (Å²) in [6.07, 6.45) is 12.7. The van der Waals surface area contributed by atoms with Crippen molar-refractivity contribution in [1.82, 2.24) is 0 Å². The van der Waals surface area contributed by atoms with Crippen molar-refractivity contribution in [2.45, 2.75) is 76.9 Å². The molecule has 0 saturated heterocycles. The lowest BCUT2D eigenvalue weighted by Gasteiger charge is -2.27. The Morgan fingerprint density at radius 1 is 1.11 bits per heavy atom. The van der Waals surface area contributed by atoms with Gasteiger partial charge in [0, 0.05) is 13.5 Å². The van der Waals surface area contributed by atoms with Gasteiger partial charge in [-0.3, -0.25) is 4.57 Å². The minimum Gasteiger partial charge on any atom is -0.756 e. The molecule has 0 aliphatic heterocycles. The van der Waals surface area contributed by atoms with E-state index in [4.69, 9.17) is 14.0 Å². The number of nitrogens with zero attached hydrogens (tertiary/aromatic N) is 1. The van der Waals surface area contributed by atoms with Gasteiger partial charge in [0.1, 0.15) is 25.9 Å². The van der Waals surface area contributed by atoms with Crippen LogP contribution in [0.1, 0.15) is 64.7 Å². The van der Waals surface area contributed by atoms with E-state index in [-0.39, 0.29) is 6.61 Å². The van der Waals surface area contributed by atoms with Crippen LogP contribution in [0, 0.1) is 17.8 Å². The molecular formula is C28H50NO8P. The molecule has 38 heavy (non-hydrogen) atoms. The third-order valence-electron chi connectivity index (χ3n) is 5.66. The molecule has 220 valence electrons. The molecule has 0 rings (SSSR count). The summed E-state index contributed by atoms with van der Waals surface area (Å²) in [4.78, 5) is 24.0. The molecule has 10 heteroatoms. The highest BCUT2D eigenvalue weighted by atomic mass is 31.2. The average molecular weight is 560 g/mol. The number of carbonyl (C=O) groups excluding carboxylic acids is 1. The maximum absolute atomic E-state index is 12.2. The fraction of sp³-hybridized carbons (Fsp3) is 0.750. The lowest BCUT2D eigenvalue weighted by molar-refractivity contribution is -0.870. The maximum atomic E-state index is 12.2. The molecule has 0 aliphatic rings. The molecule has 0 bridgehead atoms. The lowest BCUT2D eigenvalue weighted by atomic mass is 9.97. The van der Waals surface area contributed by atoms with Crippen LogP contribution in [0.4, 0.5) is 0 Å². The lowest BCUT2D eigenvalue weighted by Crippen LogP contribution is -2.37. The summed E-state index contributed by atoms with van der Waals surface area (Å²) in [5, 5.41) is 9.90. The molecule has 0 amide bonds. The molecule has 0 aromatic heterocycles. The molecule has 0 spiro atoms. The number of hydrogen-bond donors (Lipinski definition) is 1. The number of phosphoric acid groups is 1. The topological polar surface area (TPSA) is 114 Å². The zero-order valence-electron chi connectivity index (χ0n) is 24.1.